The van der Waals surface area contributed by atoms with Gasteiger partial charge < -0.3 is 5.73 Å². The Morgan fingerprint density at radius 2 is 1.62 bits per heavy atom. The monoisotopic (exact) mass is 338 g/mol. The highest BCUT2D eigenvalue weighted by Crippen LogP contribution is 2.32. The van der Waals surface area contributed by atoms with Crippen molar-refractivity contribution in [3.63, 3.8) is 0 Å². The van der Waals surface area contributed by atoms with Crippen molar-refractivity contribution in [1.29, 1.82) is 0 Å². The minimum atomic E-state index is -0.717. The largest absolute Gasteiger partial charge is 0.368 e. The van der Waals surface area contributed by atoms with Crippen LogP contribution in [0.4, 0.5) is 4.79 Å². The van der Waals surface area contributed by atoms with Gasteiger partial charge in [0.15, 0.2) is 0 Å². The molecular formula is C18H14N2O3S. The molecule has 0 radical (unpaired) electrons. The minimum Gasteiger partial charge on any atom is -0.368 e. The van der Waals surface area contributed by atoms with Gasteiger partial charge in [-0.1, -0.05) is 54.6 Å². The number of carbonyl (C=O) groups excluding carboxylic acids is 3. The summed E-state index contributed by atoms with van der Waals surface area (Å²) in [7, 11) is 0. The lowest BCUT2D eigenvalue weighted by atomic mass is 10.0. The maximum Gasteiger partial charge on any atom is 0.294 e. The Morgan fingerprint density at radius 1 is 1.00 bits per heavy atom. The first-order chi connectivity index (χ1) is 11.5. The zero-order valence-electron chi connectivity index (χ0n) is 12.6. The number of hydrogen-bond donors (Lipinski definition) is 1. The van der Waals surface area contributed by atoms with Crippen LogP contribution in [0.5, 0.6) is 0 Å². The number of hydrogen-bond acceptors (Lipinski definition) is 4. The molecule has 2 aromatic rings. The lowest BCUT2D eigenvalue weighted by molar-refractivity contribution is -0.127. The van der Waals surface area contributed by atoms with E-state index in [1.54, 1.807) is 6.08 Å². The van der Waals surface area contributed by atoms with Crippen LogP contribution in [0.1, 0.15) is 5.56 Å². The third-order valence-electron chi connectivity index (χ3n) is 3.50. The summed E-state index contributed by atoms with van der Waals surface area (Å²) in [6.07, 6.45) is 1.64. The van der Waals surface area contributed by atoms with Gasteiger partial charge in [-0.25, -0.2) is 0 Å². The quantitative estimate of drug-likeness (QED) is 0.869. The predicted molar refractivity (Wildman–Crippen MR) is 93.7 cm³/mol. The summed E-state index contributed by atoms with van der Waals surface area (Å²) in [5.41, 5.74) is 8.02. The predicted octanol–water partition coefficient (Wildman–Crippen LogP) is 2.88. The number of nitrogens with zero attached hydrogens (tertiary/aromatic N) is 1. The van der Waals surface area contributed by atoms with Crippen LogP contribution in [0, 0.1) is 0 Å². The van der Waals surface area contributed by atoms with Gasteiger partial charge >= 0.3 is 0 Å². The number of imide groups is 1. The Labute approximate surface area is 143 Å². The van der Waals surface area contributed by atoms with Gasteiger partial charge in [0.2, 0.25) is 5.91 Å². The van der Waals surface area contributed by atoms with Crippen molar-refractivity contribution in [2.24, 2.45) is 5.73 Å². The second-order valence-corrected chi connectivity index (χ2v) is 6.22. The molecule has 0 aliphatic carbocycles. The molecule has 1 heterocycles. The number of nitrogens with two attached hydrogens (primary N) is 1. The fraction of sp³-hybridized carbons (Fsp3) is 0.0556. The normalized spacial score (nSPS) is 16.0. The number of benzene rings is 2. The van der Waals surface area contributed by atoms with Crippen molar-refractivity contribution in [3.8, 4) is 11.1 Å². The molecule has 2 N–H and O–H groups in total. The second-order valence-electron chi connectivity index (χ2n) is 5.22. The van der Waals surface area contributed by atoms with Crippen molar-refractivity contribution in [3.05, 3.63) is 65.1 Å². The molecule has 24 heavy (non-hydrogen) atoms. The molecule has 2 aromatic carbocycles. The Morgan fingerprint density at radius 3 is 2.25 bits per heavy atom. The number of thioether (sulfide) groups is 1. The lowest BCUT2D eigenvalue weighted by Gasteiger charge is -2.08. The molecule has 6 heteroatoms. The molecule has 0 spiro atoms. The molecule has 3 amide bonds. The summed E-state index contributed by atoms with van der Waals surface area (Å²) in [5, 5.41) is -0.481. The highest BCUT2D eigenvalue weighted by atomic mass is 32.2. The number of primary amides is 1. The zero-order valence-corrected chi connectivity index (χ0v) is 13.5. The van der Waals surface area contributed by atoms with Crippen LogP contribution < -0.4 is 5.73 Å². The fourth-order valence-electron chi connectivity index (χ4n) is 2.35. The Kier molecular flexibility index (Phi) is 4.48. The number of carbonyl (C=O) groups is 3. The fourth-order valence-corrected chi connectivity index (χ4v) is 3.18. The van der Waals surface area contributed by atoms with E-state index in [-0.39, 0.29) is 4.91 Å². The van der Waals surface area contributed by atoms with E-state index < -0.39 is 23.6 Å². The molecule has 3 rings (SSSR count). The van der Waals surface area contributed by atoms with Crippen LogP contribution in [0.2, 0.25) is 0 Å². The smallest absolute Gasteiger partial charge is 0.294 e. The zero-order chi connectivity index (χ0) is 17.1. The highest BCUT2D eigenvalue weighted by Gasteiger charge is 2.35. The maximum absolute atomic E-state index is 12.2. The van der Waals surface area contributed by atoms with Crippen LogP contribution in [0.3, 0.4) is 0 Å². The summed E-state index contributed by atoms with van der Waals surface area (Å²) < 4.78 is 0. The molecule has 0 unspecified atom stereocenters. The minimum absolute atomic E-state index is 0.286. The molecule has 1 aliphatic heterocycles. The summed E-state index contributed by atoms with van der Waals surface area (Å²) >= 11 is 0.810. The Hall–Kier alpha value is -2.86. The molecule has 0 atom stereocenters. The van der Waals surface area contributed by atoms with Crippen molar-refractivity contribution in [2.45, 2.75) is 0 Å². The van der Waals surface area contributed by atoms with E-state index in [4.69, 9.17) is 5.73 Å². The first-order valence-corrected chi connectivity index (χ1v) is 8.05. The third kappa shape index (κ3) is 3.38. The van der Waals surface area contributed by atoms with Gasteiger partial charge in [0, 0.05) is 0 Å². The Bertz CT molecular complexity index is 829. The van der Waals surface area contributed by atoms with Gasteiger partial charge in [-0.2, -0.15) is 0 Å². The van der Waals surface area contributed by atoms with Gasteiger partial charge in [-0.15, -0.1) is 0 Å². The van der Waals surface area contributed by atoms with E-state index in [1.165, 1.54) is 0 Å². The van der Waals surface area contributed by atoms with E-state index >= 15 is 0 Å². The molecule has 1 saturated heterocycles. The first-order valence-electron chi connectivity index (χ1n) is 7.24. The van der Waals surface area contributed by atoms with Crippen LogP contribution in [0.25, 0.3) is 17.2 Å². The standard InChI is InChI=1S/C18H14N2O3S/c19-16(21)11-20-17(22)15(24-18(20)23)10-12-6-8-14(9-7-12)13-4-2-1-3-5-13/h1-10H,11H2,(H2,19,21)/b15-10-. The molecule has 0 saturated carbocycles. The van der Waals surface area contributed by atoms with E-state index in [9.17, 15) is 14.4 Å². The van der Waals surface area contributed by atoms with Crippen molar-refractivity contribution >= 4 is 34.9 Å². The van der Waals surface area contributed by atoms with E-state index in [2.05, 4.69) is 0 Å². The van der Waals surface area contributed by atoms with Gasteiger partial charge in [-0.3, -0.25) is 19.3 Å². The number of amides is 3. The van der Waals surface area contributed by atoms with Crippen molar-refractivity contribution < 1.29 is 14.4 Å². The maximum atomic E-state index is 12.2. The molecule has 1 fully saturated rings. The molecule has 120 valence electrons. The summed E-state index contributed by atoms with van der Waals surface area (Å²) in [4.78, 5) is 36.0. The average molecular weight is 338 g/mol. The lowest BCUT2D eigenvalue weighted by Crippen LogP contribution is -2.36. The van der Waals surface area contributed by atoms with Crippen molar-refractivity contribution in [2.75, 3.05) is 6.54 Å². The second kappa shape index (κ2) is 6.72. The van der Waals surface area contributed by atoms with Gasteiger partial charge in [0.1, 0.15) is 6.54 Å². The molecule has 5 nitrogen and oxygen atoms in total. The first kappa shape index (κ1) is 16.0. The average Bonchev–Trinajstić information content (AvgIpc) is 2.83. The van der Waals surface area contributed by atoms with Gasteiger partial charge in [-0.05, 0) is 34.5 Å². The van der Waals surface area contributed by atoms with Crippen molar-refractivity contribution in [1.82, 2.24) is 4.90 Å². The van der Waals surface area contributed by atoms with Crippen LogP contribution in [-0.2, 0) is 9.59 Å². The van der Waals surface area contributed by atoms with E-state index in [0.29, 0.717) is 0 Å². The molecular weight excluding hydrogens is 324 g/mol. The highest BCUT2D eigenvalue weighted by molar-refractivity contribution is 8.18. The van der Waals surface area contributed by atoms with E-state index in [1.807, 2.05) is 54.6 Å². The molecule has 0 bridgehead atoms. The summed E-state index contributed by atoms with van der Waals surface area (Å²) in [5.74, 6) is -1.21. The third-order valence-corrected chi connectivity index (χ3v) is 4.41. The van der Waals surface area contributed by atoms with E-state index in [0.717, 1.165) is 33.4 Å². The summed E-state index contributed by atoms with van der Waals surface area (Å²) in [6, 6.07) is 17.6. The topological polar surface area (TPSA) is 80.5 Å². The summed E-state index contributed by atoms with van der Waals surface area (Å²) in [6.45, 7) is -0.394. The van der Waals surface area contributed by atoms with Gasteiger partial charge in [0.05, 0.1) is 4.91 Å². The van der Waals surface area contributed by atoms with Crippen LogP contribution >= 0.6 is 11.8 Å². The Balaban J connectivity index is 1.81. The van der Waals surface area contributed by atoms with Crippen LogP contribution in [0.15, 0.2) is 59.5 Å². The van der Waals surface area contributed by atoms with Crippen LogP contribution in [-0.4, -0.2) is 28.5 Å². The SMILES string of the molecule is NC(=O)CN1C(=O)S/C(=C\c2ccc(-c3ccccc3)cc2)C1=O. The molecule has 0 aromatic heterocycles. The van der Waals surface area contributed by atoms with Gasteiger partial charge in [0.25, 0.3) is 11.1 Å². The number of rotatable bonds is 4. The molecule has 1 aliphatic rings.